The fourth-order valence-electron chi connectivity index (χ4n) is 2.63. The number of rotatable bonds is 8. The summed E-state index contributed by atoms with van der Waals surface area (Å²) in [6.07, 6.45) is 1.50. The van der Waals surface area contributed by atoms with Crippen LogP contribution in [0.3, 0.4) is 0 Å². The van der Waals surface area contributed by atoms with E-state index in [1.807, 2.05) is 24.3 Å². The molecule has 0 bridgehead atoms. The Balaban J connectivity index is 2.11. The summed E-state index contributed by atoms with van der Waals surface area (Å²) < 4.78 is 10.3. The smallest absolute Gasteiger partial charge is 0.287 e. The van der Waals surface area contributed by atoms with Crippen molar-refractivity contribution in [3.8, 4) is 5.75 Å². The maximum Gasteiger partial charge on any atom is 0.287 e. The van der Waals surface area contributed by atoms with E-state index in [9.17, 15) is 4.79 Å². The van der Waals surface area contributed by atoms with Crippen molar-refractivity contribution in [1.82, 2.24) is 10.2 Å². The van der Waals surface area contributed by atoms with Crippen LogP contribution in [-0.4, -0.2) is 37.6 Å². The van der Waals surface area contributed by atoms with Gasteiger partial charge in [-0.15, -0.1) is 0 Å². The highest BCUT2D eigenvalue weighted by Gasteiger charge is 2.20. The minimum atomic E-state index is -0.194. The molecule has 5 nitrogen and oxygen atoms in total. The van der Waals surface area contributed by atoms with Crippen molar-refractivity contribution >= 4 is 5.91 Å². The highest BCUT2D eigenvalue weighted by atomic mass is 16.5. The molecule has 0 saturated heterocycles. The summed E-state index contributed by atoms with van der Waals surface area (Å²) in [4.78, 5) is 14.4. The molecule has 0 aliphatic carbocycles. The van der Waals surface area contributed by atoms with E-state index in [1.165, 1.54) is 6.26 Å². The Labute approximate surface area is 137 Å². The summed E-state index contributed by atoms with van der Waals surface area (Å²) in [6.45, 7) is 6.57. The number of amides is 1. The predicted molar refractivity (Wildman–Crippen MR) is 89.7 cm³/mol. The molecule has 1 unspecified atom stereocenters. The highest BCUT2D eigenvalue weighted by molar-refractivity contribution is 5.91. The fourth-order valence-corrected chi connectivity index (χ4v) is 2.63. The average Bonchev–Trinajstić information content (AvgIpc) is 3.13. The second-order valence-corrected chi connectivity index (χ2v) is 5.20. The predicted octanol–water partition coefficient (Wildman–Crippen LogP) is 3.10. The Bertz CT molecular complexity index is 589. The summed E-state index contributed by atoms with van der Waals surface area (Å²) in [5, 5.41) is 2.96. The number of methoxy groups -OCH3 is 1. The van der Waals surface area contributed by atoms with Gasteiger partial charge in [-0.3, -0.25) is 9.69 Å². The first-order valence-electron chi connectivity index (χ1n) is 7.89. The van der Waals surface area contributed by atoms with Crippen LogP contribution in [0, 0.1) is 0 Å². The number of likely N-dealkylation sites (N-methyl/N-ethyl adjacent to an activating group) is 1. The van der Waals surface area contributed by atoms with Gasteiger partial charge in [0.1, 0.15) is 5.75 Å². The zero-order chi connectivity index (χ0) is 16.7. The van der Waals surface area contributed by atoms with Gasteiger partial charge in [-0.05, 0) is 42.9 Å². The molecule has 2 aromatic rings. The van der Waals surface area contributed by atoms with Crippen LogP contribution in [0.2, 0.25) is 0 Å². The van der Waals surface area contributed by atoms with E-state index >= 15 is 0 Å². The summed E-state index contributed by atoms with van der Waals surface area (Å²) in [6, 6.07) is 11.5. The maximum atomic E-state index is 12.1. The molecule has 0 spiro atoms. The molecule has 1 atom stereocenters. The van der Waals surface area contributed by atoms with Crippen molar-refractivity contribution in [3.63, 3.8) is 0 Å². The standard InChI is InChI=1S/C18H24N2O3/c1-4-20(5-2)16(14-8-10-15(22-3)11-9-14)13-19-18(21)17-7-6-12-23-17/h6-12,16H,4-5,13H2,1-3H3,(H,19,21). The third-order valence-corrected chi connectivity index (χ3v) is 3.95. The summed E-state index contributed by atoms with van der Waals surface area (Å²) in [5.41, 5.74) is 1.15. The SMILES string of the molecule is CCN(CC)C(CNC(=O)c1ccco1)c1ccc(OC)cc1. The summed E-state index contributed by atoms with van der Waals surface area (Å²) >= 11 is 0. The van der Waals surface area contributed by atoms with Crippen molar-refractivity contribution in [2.75, 3.05) is 26.7 Å². The molecule has 1 heterocycles. The summed E-state index contributed by atoms with van der Waals surface area (Å²) in [7, 11) is 1.65. The van der Waals surface area contributed by atoms with Crippen LogP contribution in [-0.2, 0) is 0 Å². The molecule has 1 aromatic heterocycles. The van der Waals surface area contributed by atoms with Gasteiger partial charge in [0.2, 0.25) is 0 Å². The number of nitrogens with one attached hydrogen (secondary N) is 1. The van der Waals surface area contributed by atoms with Gasteiger partial charge in [-0.1, -0.05) is 26.0 Å². The molecule has 5 heteroatoms. The molecule has 0 radical (unpaired) electrons. The number of carbonyl (C=O) groups is 1. The largest absolute Gasteiger partial charge is 0.497 e. The molecule has 0 aliphatic heterocycles. The molecular formula is C18H24N2O3. The number of benzene rings is 1. The number of ether oxygens (including phenoxy) is 1. The molecule has 23 heavy (non-hydrogen) atoms. The number of furan rings is 1. The van der Waals surface area contributed by atoms with E-state index < -0.39 is 0 Å². The number of hydrogen-bond acceptors (Lipinski definition) is 4. The lowest BCUT2D eigenvalue weighted by Gasteiger charge is -2.30. The van der Waals surface area contributed by atoms with Gasteiger partial charge in [0.25, 0.3) is 5.91 Å². The van der Waals surface area contributed by atoms with Crippen LogP contribution in [0.1, 0.15) is 36.0 Å². The van der Waals surface area contributed by atoms with Crippen LogP contribution in [0.25, 0.3) is 0 Å². The molecule has 1 amide bonds. The van der Waals surface area contributed by atoms with Gasteiger partial charge in [0, 0.05) is 6.54 Å². The number of carbonyl (C=O) groups excluding carboxylic acids is 1. The first kappa shape index (κ1) is 17.1. The van der Waals surface area contributed by atoms with Crippen molar-refractivity contribution in [3.05, 3.63) is 54.0 Å². The van der Waals surface area contributed by atoms with E-state index in [1.54, 1.807) is 19.2 Å². The summed E-state index contributed by atoms with van der Waals surface area (Å²) in [5.74, 6) is 0.963. The van der Waals surface area contributed by atoms with Gasteiger partial charge in [0.15, 0.2) is 5.76 Å². The van der Waals surface area contributed by atoms with Crippen molar-refractivity contribution in [1.29, 1.82) is 0 Å². The van der Waals surface area contributed by atoms with Gasteiger partial charge < -0.3 is 14.5 Å². The minimum Gasteiger partial charge on any atom is -0.497 e. The normalized spacial score (nSPS) is 12.2. The Morgan fingerprint density at radius 3 is 2.43 bits per heavy atom. The highest BCUT2D eigenvalue weighted by Crippen LogP contribution is 2.22. The van der Waals surface area contributed by atoms with E-state index in [0.717, 1.165) is 24.4 Å². The third kappa shape index (κ3) is 4.36. The van der Waals surface area contributed by atoms with Crippen molar-refractivity contribution in [2.24, 2.45) is 0 Å². The molecule has 0 aliphatic rings. The second-order valence-electron chi connectivity index (χ2n) is 5.20. The monoisotopic (exact) mass is 316 g/mol. The molecule has 0 fully saturated rings. The average molecular weight is 316 g/mol. The van der Waals surface area contributed by atoms with Crippen LogP contribution in [0.4, 0.5) is 0 Å². The van der Waals surface area contributed by atoms with Gasteiger partial charge in [-0.25, -0.2) is 0 Å². The number of nitrogens with zero attached hydrogens (tertiary/aromatic N) is 1. The fraction of sp³-hybridized carbons (Fsp3) is 0.389. The lowest BCUT2D eigenvalue weighted by molar-refractivity contribution is 0.0907. The van der Waals surface area contributed by atoms with Gasteiger partial charge >= 0.3 is 0 Å². The molecular weight excluding hydrogens is 292 g/mol. The zero-order valence-corrected chi connectivity index (χ0v) is 13.9. The van der Waals surface area contributed by atoms with Crippen molar-refractivity contribution < 1.29 is 13.9 Å². The molecule has 0 saturated carbocycles. The van der Waals surface area contributed by atoms with Crippen LogP contribution >= 0.6 is 0 Å². The lowest BCUT2D eigenvalue weighted by atomic mass is 10.0. The van der Waals surface area contributed by atoms with Crippen LogP contribution in [0.15, 0.2) is 47.1 Å². The maximum absolute atomic E-state index is 12.1. The van der Waals surface area contributed by atoms with E-state index in [2.05, 4.69) is 24.1 Å². The Morgan fingerprint density at radius 2 is 1.91 bits per heavy atom. The van der Waals surface area contributed by atoms with Crippen LogP contribution in [0.5, 0.6) is 5.75 Å². The van der Waals surface area contributed by atoms with E-state index in [-0.39, 0.29) is 11.9 Å². The minimum absolute atomic E-state index is 0.106. The Kier molecular flexibility index (Phi) is 6.23. The van der Waals surface area contributed by atoms with Gasteiger partial charge in [-0.2, -0.15) is 0 Å². The molecule has 124 valence electrons. The Morgan fingerprint density at radius 1 is 1.22 bits per heavy atom. The van der Waals surface area contributed by atoms with Crippen molar-refractivity contribution in [2.45, 2.75) is 19.9 Å². The molecule has 2 rings (SSSR count). The quantitative estimate of drug-likeness (QED) is 0.813. The third-order valence-electron chi connectivity index (χ3n) is 3.95. The van der Waals surface area contributed by atoms with E-state index in [4.69, 9.17) is 9.15 Å². The first-order valence-corrected chi connectivity index (χ1v) is 7.89. The number of hydrogen-bond donors (Lipinski definition) is 1. The zero-order valence-electron chi connectivity index (χ0n) is 13.9. The molecule has 1 aromatic carbocycles. The second kappa shape index (κ2) is 8.39. The van der Waals surface area contributed by atoms with Gasteiger partial charge in [0.05, 0.1) is 19.4 Å². The Hall–Kier alpha value is -2.27. The first-order chi connectivity index (χ1) is 11.2. The van der Waals surface area contributed by atoms with Crippen LogP contribution < -0.4 is 10.1 Å². The molecule has 1 N–H and O–H groups in total. The van der Waals surface area contributed by atoms with E-state index in [0.29, 0.717) is 12.3 Å². The lowest BCUT2D eigenvalue weighted by Crippen LogP contribution is -2.38. The topological polar surface area (TPSA) is 54.7 Å².